The van der Waals surface area contributed by atoms with E-state index in [2.05, 4.69) is 15.2 Å². The number of ether oxygens (including phenoxy) is 1. The minimum Gasteiger partial charge on any atom is -0.497 e. The molecule has 1 aliphatic heterocycles. The number of rotatable bonds is 5. The van der Waals surface area contributed by atoms with Crippen LogP contribution < -0.4 is 10.1 Å². The largest absolute Gasteiger partial charge is 0.497 e. The van der Waals surface area contributed by atoms with Crippen molar-refractivity contribution in [2.75, 3.05) is 32.1 Å². The van der Waals surface area contributed by atoms with Gasteiger partial charge in [0.2, 0.25) is 5.91 Å². The van der Waals surface area contributed by atoms with E-state index in [1.165, 1.54) is 30.6 Å². The summed E-state index contributed by atoms with van der Waals surface area (Å²) in [6.45, 7) is 4.51. The van der Waals surface area contributed by atoms with Crippen LogP contribution in [0.3, 0.4) is 0 Å². The number of hydrogen-bond donors (Lipinski definition) is 1. The Morgan fingerprint density at radius 2 is 1.96 bits per heavy atom. The zero-order valence-electron chi connectivity index (χ0n) is 14.2. The second-order valence-electron chi connectivity index (χ2n) is 6.04. The predicted molar refractivity (Wildman–Crippen MR) is 97.8 cm³/mol. The van der Waals surface area contributed by atoms with Crippen LogP contribution in [0.15, 0.2) is 24.3 Å². The average molecular weight is 345 g/mol. The molecule has 0 saturated carbocycles. The van der Waals surface area contributed by atoms with E-state index in [1.54, 1.807) is 7.11 Å². The van der Waals surface area contributed by atoms with Gasteiger partial charge in [0, 0.05) is 10.4 Å². The highest BCUT2D eigenvalue weighted by atomic mass is 32.1. The highest BCUT2D eigenvalue weighted by molar-refractivity contribution is 7.16. The molecule has 1 N–H and O–H groups in total. The van der Waals surface area contributed by atoms with Crippen LogP contribution in [0.25, 0.3) is 11.3 Å². The molecule has 0 atom stereocenters. The van der Waals surface area contributed by atoms with E-state index in [9.17, 15) is 4.79 Å². The van der Waals surface area contributed by atoms with Gasteiger partial charge in [-0.15, -0.1) is 11.3 Å². The number of carbonyl (C=O) groups excluding carboxylic acids is 1. The molecule has 2 heterocycles. The molecular formula is C18H23N3O2S. The summed E-state index contributed by atoms with van der Waals surface area (Å²) < 4.78 is 5.19. The lowest BCUT2D eigenvalue weighted by Gasteiger charge is -2.25. The first kappa shape index (κ1) is 16.9. The Balaban J connectivity index is 1.65. The zero-order chi connectivity index (χ0) is 16.9. The number of piperidine rings is 1. The van der Waals surface area contributed by atoms with Crippen LogP contribution in [-0.4, -0.2) is 42.5 Å². The van der Waals surface area contributed by atoms with Gasteiger partial charge >= 0.3 is 0 Å². The molecule has 1 amide bonds. The summed E-state index contributed by atoms with van der Waals surface area (Å²) in [6, 6.07) is 7.81. The van der Waals surface area contributed by atoms with Crippen LogP contribution >= 0.6 is 11.3 Å². The molecule has 0 radical (unpaired) electrons. The zero-order valence-corrected chi connectivity index (χ0v) is 15.0. The lowest BCUT2D eigenvalue weighted by molar-refractivity contribution is -0.117. The van der Waals surface area contributed by atoms with Crippen molar-refractivity contribution >= 4 is 22.4 Å². The van der Waals surface area contributed by atoms with Crippen molar-refractivity contribution in [3.05, 3.63) is 29.1 Å². The number of anilines is 1. The number of carbonyl (C=O) groups is 1. The van der Waals surface area contributed by atoms with Gasteiger partial charge in [0.25, 0.3) is 0 Å². The molecular weight excluding hydrogens is 322 g/mol. The molecule has 0 unspecified atom stereocenters. The third-order valence-corrected chi connectivity index (χ3v) is 5.11. The average Bonchev–Trinajstić information content (AvgIpc) is 2.96. The number of amides is 1. The molecule has 24 heavy (non-hydrogen) atoms. The summed E-state index contributed by atoms with van der Waals surface area (Å²) in [5, 5.41) is 3.61. The molecule has 2 aromatic rings. The second kappa shape index (κ2) is 7.77. The number of nitrogens with one attached hydrogen (secondary N) is 1. The molecule has 0 aliphatic carbocycles. The number of thiazole rings is 1. The molecule has 3 rings (SSSR count). The Morgan fingerprint density at radius 3 is 2.62 bits per heavy atom. The summed E-state index contributed by atoms with van der Waals surface area (Å²) in [4.78, 5) is 20.1. The molecule has 1 aromatic heterocycles. The maximum absolute atomic E-state index is 12.2. The maximum Gasteiger partial charge on any atom is 0.240 e. The van der Waals surface area contributed by atoms with Crippen molar-refractivity contribution < 1.29 is 9.53 Å². The van der Waals surface area contributed by atoms with Gasteiger partial charge in [-0.25, -0.2) is 4.98 Å². The van der Waals surface area contributed by atoms with Crippen LogP contribution in [0.5, 0.6) is 5.75 Å². The van der Waals surface area contributed by atoms with E-state index in [-0.39, 0.29) is 5.91 Å². The lowest BCUT2D eigenvalue weighted by atomic mass is 10.1. The van der Waals surface area contributed by atoms with Gasteiger partial charge in [0.15, 0.2) is 5.13 Å². The summed E-state index contributed by atoms with van der Waals surface area (Å²) in [7, 11) is 1.65. The Kier molecular flexibility index (Phi) is 5.48. The van der Waals surface area contributed by atoms with Gasteiger partial charge in [-0.2, -0.15) is 0 Å². The fourth-order valence-corrected chi connectivity index (χ4v) is 3.80. The standard InChI is InChI=1S/C18H23N3O2S/c1-13-17(14-6-8-15(23-2)9-7-14)20-18(24-13)19-16(22)12-21-10-4-3-5-11-21/h6-9H,3-5,10-12H2,1-2H3,(H,19,20,22). The SMILES string of the molecule is COc1ccc(-c2nc(NC(=O)CN3CCCCC3)sc2C)cc1. The number of aromatic nitrogens is 1. The van der Waals surface area contributed by atoms with Crippen molar-refractivity contribution in [1.29, 1.82) is 0 Å². The summed E-state index contributed by atoms with van der Waals surface area (Å²) >= 11 is 1.52. The van der Waals surface area contributed by atoms with Gasteiger partial charge in [-0.1, -0.05) is 6.42 Å². The number of nitrogens with zero attached hydrogens (tertiary/aromatic N) is 2. The molecule has 0 spiro atoms. The Hall–Kier alpha value is -1.92. The van der Waals surface area contributed by atoms with Crippen LogP contribution in [-0.2, 0) is 4.79 Å². The molecule has 0 bridgehead atoms. The van der Waals surface area contributed by atoms with E-state index in [0.29, 0.717) is 11.7 Å². The van der Waals surface area contributed by atoms with Crippen LogP contribution in [0, 0.1) is 6.92 Å². The van der Waals surface area contributed by atoms with Crippen molar-refractivity contribution in [2.45, 2.75) is 26.2 Å². The number of methoxy groups -OCH3 is 1. The van der Waals surface area contributed by atoms with E-state index in [4.69, 9.17) is 4.74 Å². The Labute approximate surface area is 146 Å². The van der Waals surface area contributed by atoms with E-state index < -0.39 is 0 Å². The summed E-state index contributed by atoms with van der Waals surface area (Å²) in [5.41, 5.74) is 1.94. The monoisotopic (exact) mass is 345 g/mol. The first-order valence-electron chi connectivity index (χ1n) is 8.30. The molecule has 1 saturated heterocycles. The number of likely N-dealkylation sites (tertiary alicyclic amines) is 1. The topological polar surface area (TPSA) is 54.5 Å². The third-order valence-electron chi connectivity index (χ3n) is 4.22. The lowest BCUT2D eigenvalue weighted by Crippen LogP contribution is -2.36. The molecule has 1 fully saturated rings. The van der Waals surface area contributed by atoms with Crippen LogP contribution in [0.2, 0.25) is 0 Å². The quantitative estimate of drug-likeness (QED) is 0.900. The van der Waals surface area contributed by atoms with Crippen molar-refractivity contribution in [3.8, 4) is 17.0 Å². The smallest absolute Gasteiger partial charge is 0.240 e. The Bertz CT molecular complexity index is 691. The van der Waals surface area contributed by atoms with Gasteiger partial charge in [-0.05, 0) is 57.1 Å². The number of hydrogen-bond acceptors (Lipinski definition) is 5. The van der Waals surface area contributed by atoms with Crippen molar-refractivity contribution in [1.82, 2.24) is 9.88 Å². The van der Waals surface area contributed by atoms with E-state index in [1.807, 2.05) is 31.2 Å². The van der Waals surface area contributed by atoms with Crippen molar-refractivity contribution in [3.63, 3.8) is 0 Å². The molecule has 5 nitrogen and oxygen atoms in total. The van der Waals surface area contributed by atoms with Gasteiger partial charge < -0.3 is 10.1 Å². The highest BCUT2D eigenvalue weighted by Crippen LogP contribution is 2.31. The van der Waals surface area contributed by atoms with Crippen LogP contribution in [0.4, 0.5) is 5.13 Å². The van der Waals surface area contributed by atoms with Gasteiger partial charge in [-0.3, -0.25) is 9.69 Å². The van der Waals surface area contributed by atoms with Crippen LogP contribution in [0.1, 0.15) is 24.1 Å². The number of aryl methyl sites for hydroxylation is 1. The third kappa shape index (κ3) is 4.13. The minimum absolute atomic E-state index is 0.0203. The normalized spacial score (nSPS) is 15.2. The van der Waals surface area contributed by atoms with Crippen molar-refractivity contribution in [2.24, 2.45) is 0 Å². The first-order chi connectivity index (χ1) is 11.7. The first-order valence-corrected chi connectivity index (χ1v) is 9.11. The highest BCUT2D eigenvalue weighted by Gasteiger charge is 2.16. The fourth-order valence-electron chi connectivity index (χ4n) is 2.95. The molecule has 128 valence electrons. The second-order valence-corrected chi connectivity index (χ2v) is 7.24. The molecule has 1 aromatic carbocycles. The fraction of sp³-hybridized carbons (Fsp3) is 0.444. The summed E-state index contributed by atoms with van der Waals surface area (Å²) in [5.74, 6) is 0.841. The van der Waals surface area contributed by atoms with Gasteiger partial charge in [0.1, 0.15) is 5.75 Å². The predicted octanol–water partition coefficient (Wildman–Crippen LogP) is 3.55. The van der Waals surface area contributed by atoms with E-state index >= 15 is 0 Å². The van der Waals surface area contributed by atoms with Gasteiger partial charge in [0.05, 0.1) is 19.3 Å². The van der Waals surface area contributed by atoms with E-state index in [0.717, 1.165) is 35.0 Å². The Morgan fingerprint density at radius 1 is 1.25 bits per heavy atom. The minimum atomic E-state index is 0.0203. The number of benzene rings is 1. The molecule has 6 heteroatoms. The molecule has 1 aliphatic rings. The maximum atomic E-state index is 12.2. The summed E-state index contributed by atoms with van der Waals surface area (Å²) in [6.07, 6.45) is 3.64.